The van der Waals surface area contributed by atoms with E-state index in [2.05, 4.69) is 20.3 Å². The number of hydrogen-bond donors (Lipinski definition) is 2. The molecule has 1 saturated carbocycles. The van der Waals surface area contributed by atoms with Crippen LogP contribution in [-0.2, 0) is 47.6 Å². The van der Waals surface area contributed by atoms with E-state index in [9.17, 15) is 19.2 Å². The molecule has 268 valence electrons. The van der Waals surface area contributed by atoms with Gasteiger partial charge in [0.2, 0.25) is 5.95 Å². The van der Waals surface area contributed by atoms with Crippen LogP contribution < -0.4 is 11.1 Å². The molecule has 1 aliphatic heterocycles. The Kier molecular flexibility index (Phi) is 11.1. The second-order valence-electron chi connectivity index (χ2n) is 13.6. The van der Waals surface area contributed by atoms with E-state index < -0.39 is 72.3 Å². The number of anilines is 2. The first-order valence-corrected chi connectivity index (χ1v) is 16.7. The van der Waals surface area contributed by atoms with E-state index in [1.54, 1.807) is 47.9 Å². The summed E-state index contributed by atoms with van der Waals surface area (Å²) < 4.78 is 36.5. The zero-order valence-corrected chi connectivity index (χ0v) is 28.9. The maximum Gasteiger partial charge on any atom is 0.339 e. The Morgan fingerprint density at radius 2 is 1.53 bits per heavy atom. The van der Waals surface area contributed by atoms with Crippen LogP contribution in [0, 0.1) is 23.7 Å². The van der Waals surface area contributed by atoms with E-state index in [0.717, 1.165) is 20.0 Å². The van der Waals surface area contributed by atoms with Gasteiger partial charge in [-0.25, -0.2) is 9.78 Å². The number of nitrogen functional groups attached to an aromatic ring is 1. The number of carbonyl (C=O) groups is 4. The lowest BCUT2D eigenvalue weighted by atomic mass is 9.97. The van der Waals surface area contributed by atoms with E-state index >= 15 is 0 Å². The number of nitrogens with two attached hydrogens (primary N) is 1. The number of esters is 4. The monoisotopic (exact) mass is 686 g/mol. The highest BCUT2D eigenvalue weighted by Gasteiger charge is 2.56. The molecule has 0 radical (unpaired) electrons. The van der Waals surface area contributed by atoms with Gasteiger partial charge in [0.15, 0.2) is 47.7 Å². The number of fused-ring (bicyclic) bond motifs is 1. The predicted octanol–water partition coefficient (Wildman–Crippen LogP) is 2.72. The summed E-state index contributed by atoms with van der Waals surface area (Å²) in [6.45, 7) is 9.80. The molecule has 3 aliphatic rings. The van der Waals surface area contributed by atoms with Crippen molar-refractivity contribution in [1.29, 1.82) is 0 Å². The average molecular weight is 687 g/mol. The molecule has 2 aromatic heterocycles. The number of nitrogens with one attached hydrogen (secondary N) is 1. The summed E-state index contributed by atoms with van der Waals surface area (Å²) in [5, 5.41) is 3.36. The van der Waals surface area contributed by atoms with Gasteiger partial charge in [-0.15, -0.1) is 0 Å². The summed E-state index contributed by atoms with van der Waals surface area (Å²) in [5.74, 6) is -4.04. The molecule has 3 heterocycles. The Bertz CT molecular complexity index is 1570. The van der Waals surface area contributed by atoms with Gasteiger partial charge in [-0.05, 0) is 19.3 Å². The van der Waals surface area contributed by atoms with E-state index in [-0.39, 0.29) is 24.5 Å². The number of hydrogen-bond acceptors (Lipinski definition) is 15. The van der Waals surface area contributed by atoms with Crippen LogP contribution in [0.4, 0.5) is 11.8 Å². The quantitative estimate of drug-likeness (QED) is 0.177. The van der Waals surface area contributed by atoms with Crippen molar-refractivity contribution >= 4 is 46.8 Å². The Balaban J connectivity index is 1.38. The summed E-state index contributed by atoms with van der Waals surface area (Å²) in [6.07, 6.45) is 1.12. The van der Waals surface area contributed by atoms with Crippen molar-refractivity contribution in [2.24, 2.45) is 23.7 Å². The minimum absolute atomic E-state index is 0.0703. The van der Waals surface area contributed by atoms with Gasteiger partial charge in [-0.3, -0.25) is 14.4 Å². The molecule has 7 unspecified atom stereocenters. The van der Waals surface area contributed by atoms with Crippen LogP contribution in [0.15, 0.2) is 18.5 Å². The van der Waals surface area contributed by atoms with Crippen molar-refractivity contribution in [1.82, 2.24) is 19.5 Å². The summed E-state index contributed by atoms with van der Waals surface area (Å²) in [6, 6.07) is 0.219. The van der Waals surface area contributed by atoms with Gasteiger partial charge in [0.1, 0.15) is 0 Å². The Morgan fingerprint density at radius 1 is 0.918 bits per heavy atom. The fourth-order valence-electron chi connectivity index (χ4n) is 5.45. The number of ether oxygens (including phenoxy) is 6. The number of imidazole rings is 1. The summed E-state index contributed by atoms with van der Waals surface area (Å²) in [4.78, 5) is 65.1. The lowest BCUT2D eigenvalue weighted by molar-refractivity contribution is -0.304. The summed E-state index contributed by atoms with van der Waals surface area (Å²) in [7, 11) is 1.15. The molecule has 2 aliphatic carbocycles. The summed E-state index contributed by atoms with van der Waals surface area (Å²) in [5.41, 5.74) is 7.27. The third-order valence-electron chi connectivity index (χ3n) is 8.44. The maximum atomic E-state index is 13.0. The molecule has 16 heteroatoms. The van der Waals surface area contributed by atoms with Crippen molar-refractivity contribution in [3.05, 3.63) is 18.5 Å². The van der Waals surface area contributed by atoms with Crippen LogP contribution in [0.3, 0.4) is 0 Å². The molecule has 7 atom stereocenters. The van der Waals surface area contributed by atoms with Crippen LogP contribution >= 0.6 is 0 Å². The highest BCUT2D eigenvalue weighted by Crippen LogP contribution is 2.35. The molecule has 0 aromatic carbocycles. The van der Waals surface area contributed by atoms with Gasteiger partial charge in [0.05, 0.1) is 43.8 Å². The second-order valence-corrected chi connectivity index (χ2v) is 13.6. The van der Waals surface area contributed by atoms with Gasteiger partial charge in [0, 0.05) is 12.0 Å². The number of aromatic nitrogens is 4. The number of allylic oxidation sites excluding steroid dienone is 1. The first-order chi connectivity index (χ1) is 23.3. The van der Waals surface area contributed by atoms with Gasteiger partial charge < -0.3 is 44.0 Å². The van der Waals surface area contributed by atoms with Crippen LogP contribution in [0.5, 0.6) is 0 Å². The highest BCUT2D eigenvalue weighted by molar-refractivity contribution is 5.84. The lowest BCUT2D eigenvalue weighted by Gasteiger charge is -2.44. The Hall–Kier alpha value is -4.31. The molecule has 16 nitrogen and oxygen atoms in total. The minimum Gasteiger partial charge on any atom is -0.467 e. The molecule has 2 fully saturated rings. The topological polar surface area (TPSA) is 205 Å². The predicted molar refractivity (Wildman–Crippen MR) is 173 cm³/mol. The number of nitrogens with zero attached hydrogens (tertiary/aromatic N) is 4. The fourth-order valence-corrected chi connectivity index (χ4v) is 5.45. The zero-order chi connectivity index (χ0) is 35.6. The maximum absolute atomic E-state index is 13.0. The first kappa shape index (κ1) is 36.0. The third-order valence-corrected chi connectivity index (χ3v) is 8.44. The van der Waals surface area contributed by atoms with Gasteiger partial charge in [-0.1, -0.05) is 53.7 Å². The van der Waals surface area contributed by atoms with Gasteiger partial charge >= 0.3 is 23.9 Å². The second kappa shape index (κ2) is 15.1. The van der Waals surface area contributed by atoms with Crippen LogP contribution in [0.2, 0.25) is 0 Å². The van der Waals surface area contributed by atoms with E-state index in [0.29, 0.717) is 29.4 Å². The number of methoxy groups -OCH3 is 1. The van der Waals surface area contributed by atoms with Gasteiger partial charge in [-0.2, -0.15) is 9.97 Å². The number of rotatable bonds is 13. The first-order valence-electron chi connectivity index (χ1n) is 16.7. The molecule has 2 aromatic rings. The molecule has 5 rings (SSSR count). The van der Waals surface area contributed by atoms with Crippen molar-refractivity contribution in [2.45, 2.75) is 104 Å². The lowest BCUT2D eigenvalue weighted by Crippen LogP contribution is -2.64. The molecule has 1 saturated heterocycles. The van der Waals surface area contributed by atoms with Crippen molar-refractivity contribution in [3.63, 3.8) is 0 Å². The minimum atomic E-state index is -1.55. The molecule has 0 amide bonds. The fraction of sp³-hybridized carbons (Fsp3) is 0.667. The normalized spacial score (nSPS) is 26.7. The molecular formula is C33H46N6O10. The van der Waals surface area contributed by atoms with Crippen LogP contribution in [0.25, 0.3) is 11.2 Å². The van der Waals surface area contributed by atoms with E-state index in [1.807, 2.05) is 16.7 Å². The van der Waals surface area contributed by atoms with E-state index in [1.165, 1.54) is 0 Å². The molecule has 0 spiro atoms. The van der Waals surface area contributed by atoms with Crippen molar-refractivity contribution in [3.8, 4) is 0 Å². The Morgan fingerprint density at radius 3 is 2.12 bits per heavy atom. The number of carbonyl (C=O) groups excluding carboxylic acids is 4. The SMILES string of the molecule is COC(=O)C1OC(OCC2C=CC(n3cnc4c(NC5CC5)nc(N)nc43)C2)C(OC(=O)C(C)C)C(OC(=O)C(C)C)C1OC(=O)C(C)C. The van der Waals surface area contributed by atoms with Crippen LogP contribution in [0.1, 0.15) is 66.8 Å². The smallest absolute Gasteiger partial charge is 0.339 e. The van der Waals surface area contributed by atoms with Crippen molar-refractivity contribution < 1.29 is 47.6 Å². The Labute approximate surface area is 284 Å². The van der Waals surface area contributed by atoms with E-state index in [4.69, 9.17) is 34.2 Å². The molecular weight excluding hydrogens is 640 g/mol. The van der Waals surface area contributed by atoms with Gasteiger partial charge in [0.25, 0.3) is 0 Å². The van der Waals surface area contributed by atoms with Crippen molar-refractivity contribution in [2.75, 3.05) is 24.8 Å². The average Bonchev–Trinajstić information content (AvgIpc) is 3.57. The largest absolute Gasteiger partial charge is 0.467 e. The molecule has 3 N–H and O–H groups in total. The standard InChI is InChI=1S/C33H46N6O10/c1-15(2)28(40)46-22-23(47-29(41)16(3)4)25(48-30(42)17(5)6)32(49-24(22)31(43)44-7)45-13-18-8-11-20(12-18)39-14-35-21-26(36-19-9-10-19)37-33(34)38-27(21)39/h8,11,14-20,22-25,32H,9-10,12-13H2,1-7H3,(H3,34,36,37,38). The summed E-state index contributed by atoms with van der Waals surface area (Å²) >= 11 is 0. The molecule has 49 heavy (non-hydrogen) atoms. The highest BCUT2D eigenvalue weighted by atomic mass is 16.7. The molecule has 0 bridgehead atoms. The zero-order valence-electron chi connectivity index (χ0n) is 28.9. The third kappa shape index (κ3) is 8.29. The van der Waals surface area contributed by atoms with Crippen LogP contribution in [-0.4, -0.2) is 93.9 Å².